The molecule has 110 valence electrons. The summed E-state index contributed by atoms with van der Waals surface area (Å²) < 4.78 is 19.4. The highest BCUT2D eigenvalue weighted by atomic mass is 79.9. The molecule has 0 N–H and O–H groups in total. The lowest BCUT2D eigenvalue weighted by Gasteiger charge is -2.32. The summed E-state index contributed by atoms with van der Waals surface area (Å²) in [4.78, 5) is 14.2. The van der Waals surface area contributed by atoms with Gasteiger partial charge in [0.1, 0.15) is 5.82 Å². The maximum absolute atomic E-state index is 13.4. The average Bonchev–Trinajstić information content (AvgIpc) is 2.43. The van der Waals surface area contributed by atoms with E-state index in [4.69, 9.17) is 4.74 Å². The molecule has 1 amide bonds. The summed E-state index contributed by atoms with van der Waals surface area (Å²) >= 11 is 3.22. The number of halogens is 2. The zero-order valence-corrected chi connectivity index (χ0v) is 13.2. The predicted octanol–water partition coefficient (Wildman–Crippen LogP) is 3.48. The van der Waals surface area contributed by atoms with E-state index in [1.54, 1.807) is 11.0 Å². The first kappa shape index (κ1) is 15.4. The van der Waals surface area contributed by atoms with E-state index in [9.17, 15) is 9.18 Å². The molecule has 0 radical (unpaired) electrons. The van der Waals surface area contributed by atoms with Crippen LogP contribution in [0.1, 0.15) is 30.1 Å². The Morgan fingerprint density at radius 3 is 3.00 bits per heavy atom. The molecule has 1 heterocycles. The fraction of sp³-hybridized carbons (Fsp3) is 0.533. The van der Waals surface area contributed by atoms with E-state index in [0.29, 0.717) is 35.7 Å². The van der Waals surface area contributed by atoms with Crippen molar-refractivity contribution >= 4 is 21.8 Å². The van der Waals surface area contributed by atoms with E-state index in [-0.39, 0.29) is 5.91 Å². The fourth-order valence-corrected chi connectivity index (χ4v) is 3.00. The number of hydrogen-bond acceptors (Lipinski definition) is 2. The van der Waals surface area contributed by atoms with Gasteiger partial charge < -0.3 is 9.64 Å². The van der Waals surface area contributed by atoms with Crippen molar-refractivity contribution in [2.75, 3.05) is 26.3 Å². The van der Waals surface area contributed by atoms with Crippen LogP contribution in [0.2, 0.25) is 0 Å². The molecule has 1 unspecified atom stereocenters. The topological polar surface area (TPSA) is 29.5 Å². The monoisotopic (exact) mass is 343 g/mol. The average molecular weight is 344 g/mol. The van der Waals surface area contributed by atoms with Crippen LogP contribution >= 0.6 is 15.9 Å². The first-order valence-corrected chi connectivity index (χ1v) is 7.72. The number of rotatable bonds is 4. The van der Waals surface area contributed by atoms with Crippen LogP contribution in [-0.2, 0) is 4.74 Å². The second-order valence-electron chi connectivity index (χ2n) is 5.08. The SMILES string of the molecule is CCOCC1CCCN(C(=O)c2cc(F)cc(Br)c2)C1. The van der Waals surface area contributed by atoms with E-state index in [1.807, 2.05) is 6.92 Å². The smallest absolute Gasteiger partial charge is 0.254 e. The quantitative estimate of drug-likeness (QED) is 0.837. The molecule has 0 aliphatic carbocycles. The molecule has 0 bridgehead atoms. The minimum absolute atomic E-state index is 0.105. The number of hydrogen-bond donors (Lipinski definition) is 0. The first-order valence-electron chi connectivity index (χ1n) is 6.93. The number of benzene rings is 1. The van der Waals surface area contributed by atoms with Crippen LogP contribution in [0, 0.1) is 11.7 Å². The molecule has 2 rings (SSSR count). The maximum Gasteiger partial charge on any atom is 0.254 e. The number of carbonyl (C=O) groups is 1. The van der Waals surface area contributed by atoms with E-state index in [0.717, 1.165) is 19.4 Å². The Morgan fingerprint density at radius 1 is 1.50 bits per heavy atom. The van der Waals surface area contributed by atoms with Gasteiger partial charge in [0, 0.05) is 29.7 Å². The van der Waals surface area contributed by atoms with Gasteiger partial charge in [-0.3, -0.25) is 4.79 Å². The van der Waals surface area contributed by atoms with Crippen LogP contribution in [0.25, 0.3) is 0 Å². The summed E-state index contributed by atoms with van der Waals surface area (Å²) in [5.74, 6) is -0.123. The zero-order chi connectivity index (χ0) is 14.5. The lowest BCUT2D eigenvalue weighted by atomic mass is 9.98. The molecule has 3 nitrogen and oxygen atoms in total. The highest BCUT2D eigenvalue weighted by Crippen LogP contribution is 2.21. The third kappa shape index (κ3) is 4.03. The Morgan fingerprint density at radius 2 is 2.30 bits per heavy atom. The predicted molar refractivity (Wildman–Crippen MR) is 79.2 cm³/mol. The second kappa shape index (κ2) is 7.18. The van der Waals surface area contributed by atoms with Crippen molar-refractivity contribution in [2.24, 2.45) is 5.92 Å². The molecule has 1 aromatic carbocycles. The second-order valence-corrected chi connectivity index (χ2v) is 5.99. The Balaban J connectivity index is 2.04. The number of piperidine rings is 1. The lowest BCUT2D eigenvalue weighted by molar-refractivity contribution is 0.0500. The van der Waals surface area contributed by atoms with Gasteiger partial charge in [-0.2, -0.15) is 0 Å². The molecule has 1 atom stereocenters. The molecule has 20 heavy (non-hydrogen) atoms. The third-order valence-electron chi connectivity index (χ3n) is 3.47. The van der Waals surface area contributed by atoms with Gasteiger partial charge in [0.25, 0.3) is 5.91 Å². The molecule has 1 aliphatic rings. The molecule has 0 saturated carbocycles. The standard InChI is InChI=1S/C15H19BrFNO2/c1-2-20-10-11-4-3-5-18(9-11)15(19)12-6-13(16)8-14(17)7-12/h6-8,11H,2-5,9-10H2,1H3. The third-order valence-corrected chi connectivity index (χ3v) is 3.93. The summed E-state index contributed by atoms with van der Waals surface area (Å²) in [6.07, 6.45) is 2.05. The molecule has 1 fully saturated rings. The van der Waals surface area contributed by atoms with Crippen molar-refractivity contribution in [1.29, 1.82) is 0 Å². The molecule has 1 aromatic rings. The minimum Gasteiger partial charge on any atom is -0.381 e. The highest BCUT2D eigenvalue weighted by molar-refractivity contribution is 9.10. The van der Waals surface area contributed by atoms with Gasteiger partial charge in [-0.25, -0.2) is 4.39 Å². The van der Waals surface area contributed by atoms with Gasteiger partial charge in [-0.05, 0) is 43.9 Å². The summed E-state index contributed by atoms with van der Waals surface area (Å²) in [7, 11) is 0. The fourth-order valence-electron chi connectivity index (χ4n) is 2.53. The summed E-state index contributed by atoms with van der Waals surface area (Å²) in [5.41, 5.74) is 0.397. The van der Waals surface area contributed by atoms with E-state index in [1.165, 1.54) is 12.1 Å². The summed E-state index contributed by atoms with van der Waals surface area (Å²) in [6, 6.07) is 4.31. The van der Waals surface area contributed by atoms with Crippen LogP contribution in [0.15, 0.2) is 22.7 Å². The van der Waals surface area contributed by atoms with Crippen molar-refractivity contribution in [3.8, 4) is 0 Å². The van der Waals surface area contributed by atoms with Crippen molar-refractivity contribution in [2.45, 2.75) is 19.8 Å². The van der Waals surface area contributed by atoms with Gasteiger partial charge >= 0.3 is 0 Å². The maximum atomic E-state index is 13.4. The summed E-state index contributed by atoms with van der Waals surface area (Å²) in [6.45, 7) is 4.77. The number of nitrogens with zero attached hydrogens (tertiary/aromatic N) is 1. The number of amides is 1. The Hall–Kier alpha value is -0.940. The van der Waals surface area contributed by atoms with E-state index < -0.39 is 5.82 Å². The van der Waals surface area contributed by atoms with Crippen molar-refractivity contribution < 1.29 is 13.9 Å². The lowest BCUT2D eigenvalue weighted by Crippen LogP contribution is -2.41. The van der Waals surface area contributed by atoms with Crippen LogP contribution in [0.5, 0.6) is 0 Å². The molecule has 0 spiro atoms. The van der Waals surface area contributed by atoms with Crippen LogP contribution in [0.3, 0.4) is 0 Å². The molecule has 1 aliphatic heterocycles. The van der Waals surface area contributed by atoms with Crippen LogP contribution in [0.4, 0.5) is 4.39 Å². The molecule has 5 heteroatoms. The molecular formula is C15H19BrFNO2. The normalized spacial score (nSPS) is 19.1. The summed E-state index contributed by atoms with van der Waals surface area (Å²) in [5, 5.41) is 0. The van der Waals surface area contributed by atoms with Gasteiger partial charge in [-0.1, -0.05) is 15.9 Å². The van der Waals surface area contributed by atoms with Gasteiger partial charge in [0.2, 0.25) is 0 Å². The van der Waals surface area contributed by atoms with Crippen molar-refractivity contribution in [3.05, 3.63) is 34.1 Å². The Labute approximate surface area is 127 Å². The van der Waals surface area contributed by atoms with Crippen LogP contribution in [-0.4, -0.2) is 37.1 Å². The largest absolute Gasteiger partial charge is 0.381 e. The Kier molecular flexibility index (Phi) is 5.54. The zero-order valence-electron chi connectivity index (χ0n) is 11.6. The molecule has 0 aromatic heterocycles. The van der Waals surface area contributed by atoms with E-state index in [2.05, 4.69) is 15.9 Å². The van der Waals surface area contributed by atoms with Gasteiger partial charge in [0.05, 0.1) is 6.61 Å². The number of likely N-dealkylation sites (tertiary alicyclic amines) is 1. The van der Waals surface area contributed by atoms with Crippen molar-refractivity contribution in [1.82, 2.24) is 4.90 Å². The number of ether oxygens (including phenoxy) is 1. The van der Waals surface area contributed by atoms with E-state index >= 15 is 0 Å². The van der Waals surface area contributed by atoms with Gasteiger partial charge in [-0.15, -0.1) is 0 Å². The minimum atomic E-state index is -0.398. The molecular weight excluding hydrogens is 325 g/mol. The van der Waals surface area contributed by atoms with Crippen LogP contribution < -0.4 is 0 Å². The van der Waals surface area contributed by atoms with Gasteiger partial charge in [0.15, 0.2) is 0 Å². The first-order chi connectivity index (χ1) is 9.60. The number of carbonyl (C=O) groups excluding carboxylic acids is 1. The Bertz CT molecular complexity index is 461. The molecule has 1 saturated heterocycles. The highest BCUT2D eigenvalue weighted by Gasteiger charge is 2.24. The van der Waals surface area contributed by atoms with Crippen molar-refractivity contribution in [3.63, 3.8) is 0 Å².